The summed E-state index contributed by atoms with van der Waals surface area (Å²) in [4.78, 5) is 186. The number of Topliss-reactive ketones (excluding diaryl/α,β-unsaturated/α-hetero) is 4. The molecule has 12 atom stereocenters. The van der Waals surface area contributed by atoms with Crippen molar-refractivity contribution >= 4 is 88.2 Å². The highest BCUT2D eigenvalue weighted by Gasteiger charge is 2.38. The molecule has 1 aliphatic heterocycles. The first kappa shape index (κ1) is 80.4. The minimum atomic E-state index is -1.31. The summed E-state index contributed by atoms with van der Waals surface area (Å²) in [6.07, 6.45) is 0.285. The number of hydrogen-bond acceptors (Lipinski definition) is 17. The lowest BCUT2D eigenvalue weighted by molar-refractivity contribution is -0.137. The number of carbonyl (C=O) groups excluding carboxylic acids is 13. The maximum absolute atomic E-state index is 14.4. The van der Waals surface area contributed by atoms with Gasteiger partial charge in [0, 0.05) is 75.3 Å². The summed E-state index contributed by atoms with van der Waals surface area (Å²) in [5, 5.41) is 16.3. The molecule has 0 aromatic heterocycles. The van der Waals surface area contributed by atoms with Crippen LogP contribution < -0.4 is 77.8 Å². The molecule has 1 fully saturated rings. The molecule has 0 unspecified atom stereocenters. The van der Waals surface area contributed by atoms with Crippen molar-refractivity contribution < 1.29 is 62.3 Å². The van der Waals surface area contributed by atoms with Gasteiger partial charge in [-0.15, -0.1) is 0 Å². The average Bonchev–Trinajstić information content (AvgIpc) is 4.16. The van der Waals surface area contributed by atoms with Crippen LogP contribution >= 0.6 is 0 Å². The second-order valence-electron chi connectivity index (χ2n) is 24.6. The highest BCUT2D eigenvalue weighted by atomic mass is 16.2. The summed E-state index contributed by atoms with van der Waals surface area (Å²) in [5.41, 5.74) is 44.4. The van der Waals surface area contributed by atoms with Crippen LogP contribution in [0, 0.1) is 41.4 Å². The van der Waals surface area contributed by atoms with Crippen LogP contribution in [0.2, 0.25) is 0 Å². The first-order valence-electron chi connectivity index (χ1n) is 31.5. The van der Waals surface area contributed by atoms with Crippen LogP contribution in [0.25, 0.3) is 0 Å². The Morgan fingerprint density at radius 3 is 1.39 bits per heavy atom. The highest BCUT2D eigenvalue weighted by Crippen LogP contribution is 2.23. The number of hydrogen-bond donors (Lipinski definition) is 14. The van der Waals surface area contributed by atoms with Gasteiger partial charge in [0.05, 0.1) is 30.2 Å². The fourth-order valence-electron chi connectivity index (χ4n) is 10.4. The van der Waals surface area contributed by atoms with Gasteiger partial charge in [-0.25, -0.2) is 0 Å². The monoisotopic (exact) mass is 1270 g/mol. The zero-order valence-corrected chi connectivity index (χ0v) is 54.4. The summed E-state index contributed by atoms with van der Waals surface area (Å²) in [6.45, 7) is 14.4. The molecule has 1 rings (SSSR count). The Morgan fingerprint density at radius 2 is 0.911 bits per heavy atom. The highest BCUT2D eigenvalue weighted by molar-refractivity contribution is 5.99. The third kappa shape index (κ3) is 30.3. The predicted octanol–water partition coefficient (Wildman–Crippen LogP) is -2.06. The number of nitrogens with one attached hydrogen (secondary N) is 6. The van der Waals surface area contributed by atoms with Gasteiger partial charge in [-0.05, 0) is 109 Å². The van der Waals surface area contributed by atoms with Crippen LogP contribution in [0.1, 0.15) is 171 Å². The molecule has 0 saturated carbocycles. The first-order valence-corrected chi connectivity index (χ1v) is 31.5. The number of primary amides is 3. The van der Waals surface area contributed by atoms with Gasteiger partial charge >= 0.3 is 0 Å². The zero-order chi connectivity index (χ0) is 68.5. The minimum Gasteiger partial charge on any atom is -0.370 e. The Bertz CT molecular complexity index is 2500. The molecule has 1 aliphatic rings. The number of nitrogens with zero attached hydrogens (tertiary/aromatic N) is 3. The molecule has 9 amide bonds. The Labute approximate surface area is 529 Å². The SMILES string of the molecule is CC[C@H](C)[C@H](NC(=O)[C@H](C)CC(=O)[C@@H](NC(=O)[C@H](CCCN=C(N)N)CC(=O)[C@@H](NC(=O)[C@H](C)CC(=O)[C@H](CCCCN)NC(=O)[C@H](CCC(N)=O)CC(=O)[C@H](CCCN=C(N)N)NC(=O)[C@H](CCC(N)=O)NC(=O)[C@@H]1CCCN1C)C(C)C)C(C)C)C(N)=O. The van der Waals surface area contributed by atoms with E-state index in [1.807, 2.05) is 11.8 Å². The number of likely N-dealkylation sites (N-methyl/N-ethyl adjacent to an activating group) is 1. The van der Waals surface area contributed by atoms with Crippen molar-refractivity contribution in [2.75, 3.05) is 33.2 Å². The zero-order valence-electron chi connectivity index (χ0n) is 54.4. The summed E-state index contributed by atoms with van der Waals surface area (Å²) in [6, 6.07) is -7.60. The Hall–Kier alpha value is -7.63. The normalized spacial score (nSPS) is 16.8. The van der Waals surface area contributed by atoms with Crippen molar-refractivity contribution in [2.24, 2.45) is 97.3 Å². The maximum atomic E-state index is 14.4. The Kier molecular flexibility index (Phi) is 37.2. The number of ketones is 4. The van der Waals surface area contributed by atoms with E-state index in [2.05, 4.69) is 41.9 Å². The van der Waals surface area contributed by atoms with Gasteiger partial charge in [0.25, 0.3) is 0 Å². The van der Waals surface area contributed by atoms with Crippen LogP contribution in [-0.4, -0.2) is 169 Å². The smallest absolute Gasteiger partial charge is 0.243 e. The van der Waals surface area contributed by atoms with E-state index in [1.165, 1.54) is 13.8 Å². The van der Waals surface area contributed by atoms with Crippen molar-refractivity contribution in [3.63, 3.8) is 0 Å². The molecule has 90 heavy (non-hydrogen) atoms. The maximum Gasteiger partial charge on any atom is 0.243 e. The van der Waals surface area contributed by atoms with E-state index in [-0.39, 0.29) is 102 Å². The number of carbonyl (C=O) groups is 13. The topological polar surface area (TPSA) is 530 Å². The van der Waals surface area contributed by atoms with Crippen LogP contribution in [-0.2, 0) is 62.3 Å². The van der Waals surface area contributed by atoms with Gasteiger partial charge in [-0.1, -0.05) is 61.8 Å². The number of unbranched alkanes of at least 4 members (excludes halogenated alkanes) is 1. The third-order valence-corrected chi connectivity index (χ3v) is 16.2. The number of rotatable bonds is 47. The predicted molar refractivity (Wildman–Crippen MR) is 339 cm³/mol. The van der Waals surface area contributed by atoms with Gasteiger partial charge in [0.15, 0.2) is 35.1 Å². The number of aliphatic imine (C=N–C) groups is 2. The number of nitrogens with two attached hydrogens (primary N) is 8. The molecule has 22 N–H and O–H groups in total. The lowest BCUT2D eigenvalue weighted by atomic mass is 9.87. The third-order valence-electron chi connectivity index (χ3n) is 16.2. The minimum absolute atomic E-state index is 0.0420. The summed E-state index contributed by atoms with van der Waals surface area (Å²) in [5.74, 6) is -14.6. The second kappa shape index (κ2) is 41.6. The molecule has 30 heteroatoms. The molecule has 0 aromatic rings. The van der Waals surface area contributed by atoms with E-state index in [4.69, 9.17) is 45.9 Å². The van der Waals surface area contributed by atoms with Gasteiger partial charge < -0.3 is 77.8 Å². The molecule has 1 saturated heterocycles. The lowest BCUT2D eigenvalue weighted by Crippen LogP contribution is -2.55. The van der Waals surface area contributed by atoms with Gasteiger partial charge in [-0.2, -0.15) is 0 Å². The molecular weight excluding hydrogens is 1170 g/mol. The fraction of sp³-hybridized carbons (Fsp3) is 0.750. The van der Waals surface area contributed by atoms with Crippen LogP contribution in [0.15, 0.2) is 9.98 Å². The molecule has 0 aromatic carbocycles. The quantitative estimate of drug-likeness (QED) is 0.0177. The van der Waals surface area contributed by atoms with E-state index in [1.54, 1.807) is 41.7 Å². The average molecular weight is 1270 g/mol. The standard InChI is InChI=1S/C60H107N17O13/c1-10-34(6)51(52(64)84)76-54(86)36(8)29-45(80)49(32(2)3)75-56(88)37(16-13-25-69-59(65)66)31-46(81)50(33(4)5)74-53(85)35(7)28-43(78)39(17-11-12-24-61)71-55(87)38(20-22-47(62)82)30-44(79)40(18-14-26-70-60(67)68)72-57(89)41(21-23-48(63)83)73-58(90)42-19-15-27-77(42)9/h32-42,49-51H,10-31,61H2,1-9H3,(H2,62,82)(H2,63,83)(H2,64,84)(H,71,87)(H,72,89)(H,73,90)(H,74,85)(H,75,88)(H,76,86)(H4,65,66,69)(H4,67,68,70)/t34-,35+,36+,37+,38+,39-,40-,41-,42-,49-,50-,51-/m0/s1. The number of guanidine groups is 2. The van der Waals surface area contributed by atoms with Crippen LogP contribution in [0.4, 0.5) is 0 Å². The molecule has 510 valence electrons. The molecule has 0 bridgehead atoms. The largest absolute Gasteiger partial charge is 0.370 e. The van der Waals surface area contributed by atoms with Crippen LogP contribution in [0.5, 0.6) is 0 Å². The number of amides is 9. The van der Waals surface area contributed by atoms with Crippen LogP contribution in [0.3, 0.4) is 0 Å². The van der Waals surface area contributed by atoms with Gasteiger partial charge in [-0.3, -0.25) is 77.2 Å². The molecule has 0 spiro atoms. The lowest BCUT2D eigenvalue weighted by Gasteiger charge is -2.28. The first-order chi connectivity index (χ1) is 42.1. The van der Waals surface area contributed by atoms with E-state index in [9.17, 15) is 62.3 Å². The molecule has 0 radical (unpaired) electrons. The van der Waals surface area contributed by atoms with Crippen molar-refractivity contribution in [3.05, 3.63) is 0 Å². The summed E-state index contributed by atoms with van der Waals surface area (Å²) in [7, 11) is 1.76. The summed E-state index contributed by atoms with van der Waals surface area (Å²) < 4.78 is 0. The van der Waals surface area contributed by atoms with Crippen molar-refractivity contribution in [1.82, 2.24) is 36.8 Å². The Morgan fingerprint density at radius 1 is 0.478 bits per heavy atom. The van der Waals surface area contributed by atoms with Crippen molar-refractivity contribution in [2.45, 2.75) is 213 Å². The van der Waals surface area contributed by atoms with Crippen molar-refractivity contribution in [1.29, 1.82) is 0 Å². The van der Waals surface area contributed by atoms with E-state index in [0.717, 1.165) is 6.42 Å². The van der Waals surface area contributed by atoms with E-state index < -0.39 is 173 Å². The fourth-order valence-corrected chi connectivity index (χ4v) is 10.4. The molecular formula is C60H107N17O13. The van der Waals surface area contributed by atoms with Crippen molar-refractivity contribution in [3.8, 4) is 0 Å². The molecule has 1 heterocycles. The van der Waals surface area contributed by atoms with E-state index in [0.29, 0.717) is 32.2 Å². The van der Waals surface area contributed by atoms with Gasteiger partial charge in [0.2, 0.25) is 53.2 Å². The molecule has 0 aliphatic carbocycles. The second-order valence-corrected chi connectivity index (χ2v) is 24.6. The van der Waals surface area contributed by atoms with Gasteiger partial charge in [0.1, 0.15) is 12.1 Å². The summed E-state index contributed by atoms with van der Waals surface area (Å²) >= 11 is 0. The Balaban J connectivity index is 3.48. The molecule has 30 nitrogen and oxygen atoms in total. The van der Waals surface area contributed by atoms with E-state index >= 15 is 0 Å². The number of likely N-dealkylation sites (tertiary alicyclic amines) is 1.